The van der Waals surface area contributed by atoms with Crippen molar-refractivity contribution in [2.75, 3.05) is 13.2 Å². The Morgan fingerprint density at radius 3 is 3.00 bits per heavy atom. The van der Waals surface area contributed by atoms with E-state index in [2.05, 4.69) is 10.4 Å². The Labute approximate surface area is 125 Å². The lowest BCUT2D eigenvalue weighted by Crippen LogP contribution is -2.35. The molecule has 0 spiro atoms. The summed E-state index contributed by atoms with van der Waals surface area (Å²) in [5.41, 5.74) is 1.09. The van der Waals surface area contributed by atoms with Gasteiger partial charge in [-0.2, -0.15) is 13.9 Å². The van der Waals surface area contributed by atoms with E-state index < -0.39 is 12.5 Å². The van der Waals surface area contributed by atoms with E-state index in [0.29, 0.717) is 17.8 Å². The quantitative estimate of drug-likeness (QED) is 0.942. The Morgan fingerprint density at radius 1 is 1.41 bits per heavy atom. The Balaban J connectivity index is 1.55. The number of aromatic nitrogens is 2. The number of carbonyl (C=O) groups is 1. The lowest BCUT2D eigenvalue weighted by molar-refractivity contribution is 0.0559. The molecule has 0 aliphatic carbocycles. The summed E-state index contributed by atoms with van der Waals surface area (Å²) in [7, 11) is 0. The number of halogens is 2. The molecule has 0 saturated carbocycles. The van der Waals surface area contributed by atoms with Crippen molar-refractivity contribution in [2.24, 2.45) is 5.92 Å². The van der Waals surface area contributed by atoms with Gasteiger partial charge in [0.25, 0.3) is 5.91 Å². The van der Waals surface area contributed by atoms with Crippen molar-refractivity contribution >= 4 is 5.91 Å². The lowest BCUT2D eigenvalue weighted by Gasteiger charge is -2.25. The van der Waals surface area contributed by atoms with Crippen molar-refractivity contribution in [1.29, 1.82) is 0 Å². The van der Waals surface area contributed by atoms with Gasteiger partial charge in [-0.05, 0) is 24.1 Å². The summed E-state index contributed by atoms with van der Waals surface area (Å²) < 4.78 is 30.9. The van der Waals surface area contributed by atoms with Crippen LogP contribution >= 0.6 is 0 Å². The fraction of sp³-hybridized carbons (Fsp3) is 0.333. The van der Waals surface area contributed by atoms with E-state index >= 15 is 0 Å². The molecule has 2 aromatic rings. The number of hydrogen-bond acceptors (Lipinski definition) is 3. The number of nitrogens with zero attached hydrogens (tertiary/aromatic N) is 2. The Bertz CT molecular complexity index is 672. The van der Waals surface area contributed by atoms with E-state index in [1.807, 2.05) is 24.3 Å². The van der Waals surface area contributed by atoms with E-state index in [4.69, 9.17) is 4.74 Å². The molecule has 1 atom stereocenters. The van der Waals surface area contributed by atoms with Crippen molar-refractivity contribution in [3.63, 3.8) is 0 Å². The summed E-state index contributed by atoms with van der Waals surface area (Å²) in [6, 6.07) is 9.04. The number of hydrogen-bond donors (Lipinski definition) is 1. The maximum Gasteiger partial charge on any atom is 0.333 e. The van der Waals surface area contributed by atoms with Crippen LogP contribution in [-0.2, 0) is 6.42 Å². The van der Waals surface area contributed by atoms with Gasteiger partial charge in [-0.15, -0.1) is 0 Å². The van der Waals surface area contributed by atoms with Gasteiger partial charge in [0.1, 0.15) is 11.4 Å². The SMILES string of the molecule is O=C(NCC1COc2ccccc2C1)c1ccn(C(F)F)n1. The van der Waals surface area contributed by atoms with E-state index in [-0.39, 0.29) is 11.6 Å². The summed E-state index contributed by atoms with van der Waals surface area (Å²) >= 11 is 0. The third kappa shape index (κ3) is 3.08. The molecule has 116 valence electrons. The van der Waals surface area contributed by atoms with Crippen LogP contribution in [0.25, 0.3) is 0 Å². The van der Waals surface area contributed by atoms with Crippen LogP contribution in [0, 0.1) is 5.92 Å². The molecule has 0 bridgehead atoms. The van der Waals surface area contributed by atoms with Crippen molar-refractivity contribution in [3.8, 4) is 5.75 Å². The Hall–Kier alpha value is -2.44. The van der Waals surface area contributed by atoms with Gasteiger partial charge in [0.2, 0.25) is 0 Å². The summed E-state index contributed by atoms with van der Waals surface area (Å²) in [5, 5.41) is 6.24. The molecule has 1 aliphatic rings. The number of carbonyl (C=O) groups excluding carboxylic acids is 1. The molecule has 2 heterocycles. The standard InChI is InChI=1S/C15H15F2N3O2/c16-15(17)20-6-5-12(19-20)14(21)18-8-10-7-11-3-1-2-4-13(11)22-9-10/h1-6,10,15H,7-9H2,(H,18,21). The third-order valence-corrected chi connectivity index (χ3v) is 3.55. The molecule has 1 unspecified atom stereocenters. The zero-order valence-corrected chi connectivity index (χ0v) is 11.7. The minimum absolute atomic E-state index is 0.0163. The number of nitrogens with one attached hydrogen (secondary N) is 1. The van der Waals surface area contributed by atoms with Crippen LogP contribution in [0.1, 0.15) is 22.6 Å². The first-order valence-electron chi connectivity index (χ1n) is 6.95. The average molecular weight is 307 g/mol. The minimum atomic E-state index is -2.75. The van der Waals surface area contributed by atoms with Gasteiger partial charge in [-0.1, -0.05) is 18.2 Å². The number of benzene rings is 1. The largest absolute Gasteiger partial charge is 0.493 e. The third-order valence-electron chi connectivity index (χ3n) is 3.55. The summed E-state index contributed by atoms with van der Waals surface area (Å²) in [6.07, 6.45) is 1.89. The first-order chi connectivity index (χ1) is 10.6. The predicted molar refractivity (Wildman–Crippen MR) is 74.9 cm³/mol. The van der Waals surface area contributed by atoms with Gasteiger partial charge in [-0.25, -0.2) is 4.68 Å². The molecule has 1 aliphatic heterocycles. The van der Waals surface area contributed by atoms with Crippen molar-refractivity contribution < 1.29 is 18.3 Å². The molecule has 0 saturated heterocycles. The Morgan fingerprint density at radius 2 is 2.23 bits per heavy atom. The monoisotopic (exact) mass is 307 g/mol. The second-order valence-electron chi connectivity index (χ2n) is 5.16. The molecule has 5 nitrogen and oxygen atoms in total. The molecule has 3 rings (SSSR count). The molecule has 0 fully saturated rings. The number of fused-ring (bicyclic) bond motifs is 1. The van der Waals surface area contributed by atoms with Crippen LogP contribution in [-0.4, -0.2) is 28.8 Å². The van der Waals surface area contributed by atoms with Crippen molar-refractivity contribution in [3.05, 3.63) is 47.8 Å². The van der Waals surface area contributed by atoms with Crippen LogP contribution in [0.2, 0.25) is 0 Å². The van der Waals surface area contributed by atoms with Crippen LogP contribution in [0.15, 0.2) is 36.5 Å². The number of rotatable bonds is 4. The zero-order valence-electron chi connectivity index (χ0n) is 11.7. The molecular formula is C15H15F2N3O2. The van der Waals surface area contributed by atoms with E-state index in [1.165, 1.54) is 6.07 Å². The second kappa shape index (κ2) is 6.13. The van der Waals surface area contributed by atoms with E-state index in [1.54, 1.807) is 0 Å². The van der Waals surface area contributed by atoms with Crippen molar-refractivity contribution in [2.45, 2.75) is 13.0 Å². The highest BCUT2D eigenvalue weighted by Gasteiger charge is 2.21. The number of alkyl halides is 2. The second-order valence-corrected chi connectivity index (χ2v) is 5.16. The number of ether oxygens (including phenoxy) is 1. The van der Waals surface area contributed by atoms with Gasteiger partial charge in [0, 0.05) is 18.7 Å². The topological polar surface area (TPSA) is 56.1 Å². The summed E-state index contributed by atoms with van der Waals surface area (Å²) in [4.78, 5) is 11.9. The fourth-order valence-electron chi connectivity index (χ4n) is 2.42. The number of amides is 1. The first-order valence-corrected chi connectivity index (χ1v) is 6.95. The summed E-state index contributed by atoms with van der Waals surface area (Å²) in [5.74, 6) is 0.565. The average Bonchev–Trinajstić information content (AvgIpc) is 3.03. The molecule has 1 aromatic carbocycles. The molecule has 1 N–H and O–H groups in total. The molecule has 0 radical (unpaired) electrons. The van der Waals surface area contributed by atoms with Crippen molar-refractivity contribution in [1.82, 2.24) is 15.1 Å². The van der Waals surface area contributed by atoms with E-state index in [0.717, 1.165) is 23.9 Å². The maximum atomic E-state index is 12.4. The molecule has 7 heteroatoms. The number of para-hydroxylation sites is 1. The lowest BCUT2D eigenvalue weighted by atomic mass is 9.97. The van der Waals surface area contributed by atoms with Crippen LogP contribution in [0.4, 0.5) is 8.78 Å². The van der Waals surface area contributed by atoms with Crippen LogP contribution in [0.5, 0.6) is 5.75 Å². The van der Waals surface area contributed by atoms with Crippen LogP contribution in [0.3, 0.4) is 0 Å². The van der Waals surface area contributed by atoms with Gasteiger partial charge in [0.05, 0.1) is 6.61 Å². The fourth-order valence-corrected chi connectivity index (χ4v) is 2.42. The summed E-state index contributed by atoms with van der Waals surface area (Å²) in [6.45, 7) is -1.82. The van der Waals surface area contributed by atoms with Gasteiger partial charge in [0.15, 0.2) is 0 Å². The Kier molecular flexibility index (Phi) is 4.04. The highest BCUT2D eigenvalue weighted by molar-refractivity contribution is 5.92. The zero-order chi connectivity index (χ0) is 15.5. The minimum Gasteiger partial charge on any atom is -0.493 e. The van der Waals surface area contributed by atoms with Crippen LogP contribution < -0.4 is 10.1 Å². The molecule has 1 amide bonds. The maximum absolute atomic E-state index is 12.4. The first kappa shape index (κ1) is 14.5. The molecule has 22 heavy (non-hydrogen) atoms. The normalized spacial score (nSPS) is 17.0. The van der Waals surface area contributed by atoms with Gasteiger partial charge < -0.3 is 10.1 Å². The van der Waals surface area contributed by atoms with Gasteiger partial charge >= 0.3 is 6.55 Å². The predicted octanol–water partition coefficient (Wildman–Crippen LogP) is 2.26. The highest BCUT2D eigenvalue weighted by Crippen LogP contribution is 2.26. The molecular weight excluding hydrogens is 292 g/mol. The molecule has 1 aromatic heterocycles. The van der Waals surface area contributed by atoms with Gasteiger partial charge in [-0.3, -0.25) is 4.79 Å². The smallest absolute Gasteiger partial charge is 0.333 e. The van der Waals surface area contributed by atoms with E-state index in [9.17, 15) is 13.6 Å². The highest BCUT2D eigenvalue weighted by atomic mass is 19.3.